The number of hydrogen-bond acceptors (Lipinski definition) is 4. The Morgan fingerprint density at radius 2 is 1.90 bits per heavy atom. The molecule has 2 aromatic rings. The maximum absolute atomic E-state index is 13.3. The first-order valence-corrected chi connectivity index (χ1v) is 10.5. The van der Waals surface area contributed by atoms with E-state index in [1.54, 1.807) is 12.1 Å². The summed E-state index contributed by atoms with van der Waals surface area (Å²) in [4.78, 5) is 15.5. The van der Waals surface area contributed by atoms with E-state index in [-0.39, 0.29) is 11.9 Å². The number of methoxy groups -OCH3 is 1. The lowest BCUT2D eigenvalue weighted by molar-refractivity contribution is -0.134. The van der Waals surface area contributed by atoms with Gasteiger partial charge < -0.3 is 4.74 Å². The highest BCUT2D eigenvalue weighted by Gasteiger charge is 2.35. The van der Waals surface area contributed by atoms with Crippen molar-refractivity contribution in [3.8, 4) is 5.75 Å². The van der Waals surface area contributed by atoms with Crippen LogP contribution < -0.4 is 4.74 Å². The van der Waals surface area contributed by atoms with Crippen LogP contribution in [-0.2, 0) is 4.79 Å². The summed E-state index contributed by atoms with van der Waals surface area (Å²) < 4.78 is 5.60. The largest absolute Gasteiger partial charge is 0.496 e. The summed E-state index contributed by atoms with van der Waals surface area (Å²) in [5.74, 6) is 0.861. The summed E-state index contributed by atoms with van der Waals surface area (Å²) in [6.07, 6.45) is 4.28. The summed E-state index contributed by atoms with van der Waals surface area (Å²) in [6, 6.07) is 16.1. The number of hydrogen-bond donors (Lipinski definition) is 0. The van der Waals surface area contributed by atoms with Gasteiger partial charge in [0.1, 0.15) is 5.75 Å². The molecule has 0 saturated carbocycles. The van der Waals surface area contributed by atoms with Gasteiger partial charge in [0.25, 0.3) is 5.91 Å². The van der Waals surface area contributed by atoms with Crippen LogP contribution in [0.25, 0.3) is 0 Å². The van der Waals surface area contributed by atoms with E-state index in [0.29, 0.717) is 13.0 Å². The van der Waals surface area contributed by atoms with Crippen molar-refractivity contribution in [3.63, 3.8) is 0 Å². The first-order chi connectivity index (χ1) is 14.2. The summed E-state index contributed by atoms with van der Waals surface area (Å²) in [5.41, 5.74) is 4.24. The fourth-order valence-corrected chi connectivity index (χ4v) is 4.30. The molecule has 2 heterocycles. The number of hydrazone groups is 1. The second-order valence-electron chi connectivity index (χ2n) is 7.95. The molecule has 29 heavy (non-hydrogen) atoms. The molecule has 1 fully saturated rings. The van der Waals surface area contributed by atoms with Gasteiger partial charge >= 0.3 is 0 Å². The highest BCUT2D eigenvalue weighted by atomic mass is 16.5. The second kappa shape index (κ2) is 8.78. The predicted molar refractivity (Wildman–Crippen MR) is 115 cm³/mol. The Hall–Kier alpha value is -2.66. The van der Waals surface area contributed by atoms with Crippen molar-refractivity contribution in [2.24, 2.45) is 5.10 Å². The van der Waals surface area contributed by atoms with Gasteiger partial charge in [-0.1, -0.05) is 54.4 Å². The summed E-state index contributed by atoms with van der Waals surface area (Å²) in [7, 11) is 1.68. The smallest absolute Gasteiger partial charge is 0.257 e. The number of carbonyl (C=O) groups is 1. The lowest BCUT2D eigenvalue weighted by atomic mass is 9.97. The lowest BCUT2D eigenvalue weighted by Crippen LogP contribution is -2.40. The fraction of sp³-hybridized carbons (Fsp3) is 0.417. The molecule has 5 heteroatoms. The Labute approximate surface area is 173 Å². The van der Waals surface area contributed by atoms with E-state index in [1.165, 1.54) is 24.8 Å². The molecular weight excluding hydrogens is 362 g/mol. The van der Waals surface area contributed by atoms with Gasteiger partial charge in [-0.2, -0.15) is 5.10 Å². The predicted octanol–water partition coefficient (Wildman–Crippen LogP) is 4.17. The molecule has 0 bridgehead atoms. The molecule has 4 rings (SSSR count). The quantitative estimate of drug-likeness (QED) is 0.769. The number of ether oxygens (including phenoxy) is 1. The normalized spacial score (nSPS) is 19.9. The third-order valence-corrected chi connectivity index (χ3v) is 5.82. The Balaban J connectivity index is 1.64. The zero-order chi connectivity index (χ0) is 20.2. The summed E-state index contributed by atoms with van der Waals surface area (Å²) >= 11 is 0. The molecular formula is C24H29N3O2. The van der Waals surface area contributed by atoms with Crippen LogP contribution in [0.1, 0.15) is 48.4 Å². The van der Waals surface area contributed by atoms with Crippen molar-refractivity contribution in [1.82, 2.24) is 9.91 Å². The molecule has 1 unspecified atom stereocenters. The van der Waals surface area contributed by atoms with Crippen molar-refractivity contribution in [2.75, 3.05) is 26.7 Å². The van der Waals surface area contributed by atoms with E-state index in [2.05, 4.69) is 30.0 Å². The molecule has 0 radical (unpaired) electrons. The Morgan fingerprint density at radius 1 is 1.10 bits per heavy atom. The van der Waals surface area contributed by atoms with Crippen molar-refractivity contribution in [2.45, 2.75) is 38.6 Å². The average molecular weight is 392 g/mol. The van der Waals surface area contributed by atoms with Gasteiger partial charge in [-0.25, -0.2) is 5.01 Å². The van der Waals surface area contributed by atoms with Crippen molar-refractivity contribution in [3.05, 3.63) is 65.2 Å². The number of carbonyl (C=O) groups excluding carboxylic acids is 1. The molecule has 2 aliphatic heterocycles. The van der Waals surface area contributed by atoms with Crippen LogP contribution in [0.3, 0.4) is 0 Å². The number of aryl methyl sites for hydroxylation is 1. The number of benzene rings is 2. The molecule has 5 nitrogen and oxygen atoms in total. The lowest BCUT2D eigenvalue weighted by Gasteiger charge is -2.29. The van der Waals surface area contributed by atoms with E-state index in [9.17, 15) is 4.79 Å². The van der Waals surface area contributed by atoms with Gasteiger partial charge in [0.15, 0.2) is 0 Å². The molecule has 2 aromatic carbocycles. The summed E-state index contributed by atoms with van der Waals surface area (Å²) in [6.45, 7) is 4.49. The van der Waals surface area contributed by atoms with Gasteiger partial charge in [0.05, 0.1) is 25.4 Å². The van der Waals surface area contributed by atoms with Gasteiger partial charge in [0.2, 0.25) is 0 Å². The molecule has 152 valence electrons. The third-order valence-electron chi connectivity index (χ3n) is 5.82. The van der Waals surface area contributed by atoms with Crippen molar-refractivity contribution < 1.29 is 9.53 Å². The number of nitrogens with zero attached hydrogens (tertiary/aromatic N) is 3. The first-order valence-electron chi connectivity index (χ1n) is 10.5. The average Bonchev–Trinajstić information content (AvgIpc) is 3.20. The van der Waals surface area contributed by atoms with Crippen LogP contribution in [0.15, 0.2) is 53.6 Å². The highest BCUT2D eigenvalue weighted by Crippen LogP contribution is 2.37. The SMILES string of the molecule is COc1ccccc1C1CC(c2cccc(C)c2)=NN1C(=O)CN1CCCCC1. The van der Waals surface area contributed by atoms with Crippen LogP contribution in [-0.4, -0.2) is 48.3 Å². The standard InChI is InChI=1S/C24H29N3O2/c1-18-9-8-10-19(15-18)21-16-22(20-11-4-5-12-23(20)29-2)27(25-21)24(28)17-26-13-6-3-7-14-26/h4-5,8-12,15,22H,3,6-7,13-14,16-17H2,1-2H3. The van der Waals surface area contributed by atoms with Crippen LogP contribution in [0.5, 0.6) is 5.75 Å². The number of para-hydroxylation sites is 1. The second-order valence-corrected chi connectivity index (χ2v) is 7.95. The molecule has 0 aliphatic carbocycles. The van der Waals surface area contributed by atoms with E-state index in [4.69, 9.17) is 9.84 Å². The third kappa shape index (κ3) is 4.35. The molecule has 1 atom stereocenters. The monoisotopic (exact) mass is 391 g/mol. The number of likely N-dealkylation sites (tertiary alicyclic amines) is 1. The zero-order valence-corrected chi connectivity index (χ0v) is 17.3. The highest BCUT2D eigenvalue weighted by molar-refractivity contribution is 6.03. The minimum absolute atomic E-state index is 0.0606. The Bertz CT molecular complexity index is 903. The van der Waals surface area contributed by atoms with Gasteiger partial charge in [-0.15, -0.1) is 0 Å². The van der Waals surface area contributed by atoms with Crippen LogP contribution in [0.2, 0.25) is 0 Å². The van der Waals surface area contributed by atoms with E-state index in [1.807, 2.05) is 30.3 Å². The number of rotatable bonds is 5. The van der Waals surface area contributed by atoms with E-state index >= 15 is 0 Å². The van der Waals surface area contributed by atoms with E-state index in [0.717, 1.165) is 35.7 Å². The first kappa shape index (κ1) is 19.6. The fourth-order valence-electron chi connectivity index (χ4n) is 4.30. The van der Waals surface area contributed by atoms with Gasteiger partial charge in [0, 0.05) is 12.0 Å². The van der Waals surface area contributed by atoms with Crippen molar-refractivity contribution in [1.29, 1.82) is 0 Å². The minimum Gasteiger partial charge on any atom is -0.496 e. The minimum atomic E-state index is -0.140. The maximum atomic E-state index is 13.3. The molecule has 0 aromatic heterocycles. The van der Waals surface area contributed by atoms with Crippen LogP contribution in [0, 0.1) is 6.92 Å². The molecule has 1 saturated heterocycles. The number of piperidine rings is 1. The van der Waals surface area contributed by atoms with Gasteiger partial charge in [-0.3, -0.25) is 9.69 Å². The number of amides is 1. The molecule has 2 aliphatic rings. The molecule has 0 spiro atoms. The Morgan fingerprint density at radius 3 is 2.66 bits per heavy atom. The zero-order valence-electron chi connectivity index (χ0n) is 17.3. The molecule has 1 amide bonds. The van der Waals surface area contributed by atoms with E-state index < -0.39 is 0 Å². The topological polar surface area (TPSA) is 45.1 Å². The van der Waals surface area contributed by atoms with Crippen LogP contribution in [0.4, 0.5) is 0 Å². The Kier molecular flexibility index (Phi) is 5.95. The molecule has 0 N–H and O–H groups in total. The van der Waals surface area contributed by atoms with Crippen LogP contribution >= 0.6 is 0 Å². The van der Waals surface area contributed by atoms with Gasteiger partial charge in [-0.05, 0) is 44.5 Å². The van der Waals surface area contributed by atoms with Crippen molar-refractivity contribution >= 4 is 11.6 Å². The summed E-state index contributed by atoms with van der Waals surface area (Å²) in [5, 5.41) is 6.51. The maximum Gasteiger partial charge on any atom is 0.257 e.